The van der Waals surface area contributed by atoms with E-state index in [0.717, 1.165) is 37.7 Å². The maximum Gasteiger partial charge on any atom is 0.407 e. The van der Waals surface area contributed by atoms with E-state index in [-0.39, 0.29) is 19.6 Å². The molecule has 3 N–H and O–H groups in total. The van der Waals surface area contributed by atoms with Crippen molar-refractivity contribution in [3.8, 4) is 0 Å². The van der Waals surface area contributed by atoms with Crippen LogP contribution in [0.25, 0.3) is 0 Å². The molecule has 0 aromatic heterocycles. The van der Waals surface area contributed by atoms with Crippen molar-refractivity contribution < 1.29 is 29.0 Å². The number of unbranched alkanes of at least 4 members (excludes halogenated alkanes) is 4. The normalized spacial score (nSPS) is 12.3. The molecule has 0 aliphatic rings. The number of carbonyl (C=O) groups excluding carboxylic acids is 3. The first-order valence-corrected chi connectivity index (χ1v) is 10.6. The lowest BCUT2D eigenvalue weighted by atomic mass is 10.1. The molecule has 8 nitrogen and oxygen atoms in total. The van der Waals surface area contributed by atoms with Gasteiger partial charge < -0.3 is 25.2 Å². The number of esters is 1. The highest BCUT2D eigenvalue weighted by Crippen LogP contribution is 2.09. The molecule has 1 rings (SSSR count). The second-order valence-electron chi connectivity index (χ2n) is 7.22. The van der Waals surface area contributed by atoms with Gasteiger partial charge in [-0.15, -0.1) is 6.58 Å². The Morgan fingerprint density at radius 3 is 2.52 bits per heavy atom. The molecule has 0 saturated heterocycles. The molecule has 172 valence electrons. The van der Waals surface area contributed by atoms with Crippen LogP contribution in [-0.2, 0) is 25.7 Å². The summed E-state index contributed by atoms with van der Waals surface area (Å²) in [6.07, 6.45) is 5.03. The van der Waals surface area contributed by atoms with E-state index < -0.39 is 30.1 Å². The summed E-state index contributed by atoms with van der Waals surface area (Å²) in [5.41, 5.74) is 0.840. The first-order chi connectivity index (χ1) is 15.0. The fourth-order valence-corrected chi connectivity index (χ4v) is 2.90. The molecule has 0 radical (unpaired) electrons. The van der Waals surface area contributed by atoms with Crippen LogP contribution in [0.2, 0.25) is 0 Å². The van der Waals surface area contributed by atoms with Crippen molar-refractivity contribution in [2.45, 2.75) is 63.7 Å². The average molecular weight is 435 g/mol. The number of allylic oxidation sites excluding steroid dienone is 1. The first kappa shape index (κ1) is 26.2. The number of amides is 2. The van der Waals surface area contributed by atoms with Gasteiger partial charge in [0, 0.05) is 6.54 Å². The molecular weight excluding hydrogens is 400 g/mol. The monoisotopic (exact) mass is 434 g/mol. The summed E-state index contributed by atoms with van der Waals surface area (Å²) in [4.78, 5) is 35.8. The molecule has 0 aliphatic carbocycles. The highest BCUT2D eigenvalue weighted by atomic mass is 16.5. The van der Waals surface area contributed by atoms with Gasteiger partial charge in [0.15, 0.2) is 0 Å². The van der Waals surface area contributed by atoms with Crippen molar-refractivity contribution in [3.05, 3.63) is 48.6 Å². The molecular formula is C23H34N2O6. The fraction of sp³-hybridized carbons (Fsp3) is 0.522. The van der Waals surface area contributed by atoms with Crippen LogP contribution in [0.15, 0.2) is 43.0 Å². The molecule has 0 saturated carbocycles. The fourth-order valence-electron chi connectivity index (χ4n) is 2.90. The van der Waals surface area contributed by atoms with Gasteiger partial charge in [-0.25, -0.2) is 9.59 Å². The van der Waals surface area contributed by atoms with Gasteiger partial charge in [-0.3, -0.25) is 4.79 Å². The number of hydrogen-bond acceptors (Lipinski definition) is 6. The molecule has 1 aromatic rings. The second kappa shape index (κ2) is 15.9. The van der Waals surface area contributed by atoms with Crippen molar-refractivity contribution in [1.82, 2.24) is 10.6 Å². The maximum absolute atomic E-state index is 12.2. The van der Waals surface area contributed by atoms with Gasteiger partial charge in [0.1, 0.15) is 12.6 Å². The van der Waals surface area contributed by atoms with Crippen LogP contribution in [0.5, 0.6) is 0 Å². The summed E-state index contributed by atoms with van der Waals surface area (Å²) < 4.78 is 9.80. The van der Waals surface area contributed by atoms with E-state index in [9.17, 15) is 19.5 Å². The summed E-state index contributed by atoms with van der Waals surface area (Å²) in [5.74, 6) is -1.01. The molecule has 0 heterocycles. The van der Waals surface area contributed by atoms with Crippen molar-refractivity contribution in [2.24, 2.45) is 0 Å². The summed E-state index contributed by atoms with van der Waals surface area (Å²) in [5, 5.41) is 15.0. The van der Waals surface area contributed by atoms with Crippen LogP contribution in [-0.4, -0.2) is 48.9 Å². The summed E-state index contributed by atoms with van der Waals surface area (Å²) >= 11 is 0. The van der Waals surface area contributed by atoms with Crippen LogP contribution in [0.1, 0.15) is 50.5 Å². The number of alkyl carbamates (subject to hydrolysis) is 1. The minimum Gasteiger partial charge on any atom is -0.467 e. The predicted molar refractivity (Wildman–Crippen MR) is 117 cm³/mol. The Bertz CT molecular complexity index is 680. The molecule has 2 amide bonds. The molecule has 0 bridgehead atoms. The van der Waals surface area contributed by atoms with E-state index in [4.69, 9.17) is 9.47 Å². The molecule has 1 aromatic carbocycles. The van der Waals surface area contributed by atoms with Crippen LogP contribution >= 0.6 is 0 Å². The Balaban J connectivity index is 2.30. The van der Waals surface area contributed by atoms with Crippen LogP contribution < -0.4 is 10.6 Å². The Kier molecular flexibility index (Phi) is 13.4. The largest absolute Gasteiger partial charge is 0.467 e. The Morgan fingerprint density at radius 1 is 1.13 bits per heavy atom. The lowest BCUT2D eigenvalue weighted by Gasteiger charge is -2.18. The zero-order chi connectivity index (χ0) is 22.9. The van der Waals surface area contributed by atoms with E-state index >= 15 is 0 Å². The number of carbonyl (C=O) groups is 3. The van der Waals surface area contributed by atoms with Crippen molar-refractivity contribution >= 4 is 18.0 Å². The number of methoxy groups -OCH3 is 1. The van der Waals surface area contributed by atoms with Gasteiger partial charge in [0.05, 0.1) is 19.6 Å². The van der Waals surface area contributed by atoms with Gasteiger partial charge in [0.25, 0.3) is 0 Å². The van der Waals surface area contributed by atoms with Crippen molar-refractivity contribution in [3.63, 3.8) is 0 Å². The molecule has 0 aliphatic heterocycles. The number of benzene rings is 1. The quantitative estimate of drug-likeness (QED) is 0.222. The number of aliphatic hydroxyl groups is 1. The summed E-state index contributed by atoms with van der Waals surface area (Å²) in [7, 11) is 1.27. The van der Waals surface area contributed by atoms with Crippen molar-refractivity contribution in [2.75, 3.05) is 13.7 Å². The maximum atomic E-state index is 12.2. The smallest absolute Gasteiger partial charge is 0.407 e. The number of aliphatic hydroxyl groups excluding tert-OH is 1. The van der Waals surface area contributed by atoms with Crippen LogP contribution in [0, 0.1) is 0 Å². The van der Waals surface area contributed by atoms with E-state index in [1.54, 1.807) is 0 Å². The topological polar surface area (TPSA) is 114 Å². The van der Waals surface area contributed by atoms with E-state index in [1.165, 1.54) is 7.11 Å². The average Bonchev–Trinajstić information content (AvgIpc) is 2.77. The standard InChI is InChI=1S/C23H34N2O6/c1-3-4-5-6-7-11-14-20(22(28)30-2)25-21(27)15-19(26)16-24-23(29)31-17-18-12-9-8-10-13-18/h3,8-10,12-13,19-20,26H,1,4-7,11,14-17H2,2H3,(H,24,29)(H,25,27)/t19-,20+/m1/s1. The Morgan fingerprint density at radius 2 is 1.84 bits per heavy atom. The Hall–Kier alpha value is -2.87. The van der Waals surface area contributed by atoms with Crippen molar-refractivity contribution in [1.29, 1.82) is 0 Å². The van der Waals surface area contributed by atoms with Gasteiger partial charge in [0.2, 0.25) is 5.91 Å². The molecule has 0 unspecified atom stereocenters. The number of hydrogen-bond donors (Lipinski definition) is 3. The van der Waals surface area contributed by atoms with Gasteiger partial charge >= 0.3 is 12.1 Å². The van der Waals surface area contributed by atoms with Gasteiger partial charge in [-0.2, -0.15) is 0 Å². The Labute approximate surface area is 184 Å². The third-order valence-corrected chi connectivity index (χ3v) is 4.59. The number of rotatable bonds is 15. The number of nitrogens with one attached hydrogen (secondary N) is 2. The molecule has 31 heavy (non-hydrogen) atoms. The minimum absolute atomic E-state index is 0.109. The summed E-state index contributed by atoms with van der Waals surface area (Å²) in [6.45, 7) is 3.65. The van der Waals surface area contributed by atoms with Gasteiger partial charge in [-0.05, 0) is 24.8 Å². The molecule has 2 atom stereocenters. The number of ether oxygens (including phenoxy) is 2. The summed E-state index contributed by atoms with van der Waals surface area (Å²) in [6, 6.07) is 8.43. The third-order valence-electron chi connectivity index (χ3n) is 4.59. The van der Waals surface area contributed by atoms with E-state index in [2.05, 4.69) is 17.2 Å². The lowest BCUT2D eigenvalue weighted by molar-refractivity contribution is -0.145. The van der Waals surface area contributed by atoms with E-state index in [0.29, 0.717) is 6.42 Å². The SMILES string of the molecule is C=CCCCCCC[C@H](NC(=O)C[C@@H](O)CNC(=O)OCc1ccccc1)C(=O)OC. The van der Waals surface area contributed by atoms with Gasteiger partial charge in [-0.1, -0.05) is 55.7 Å². The molecule has 0 spiro atoms. The predicted octanol–water partition coefficient (Wildman–Crippen LogP) is 2.85. The van der Waals surface area contributed by atoms with E-state index in [1.807, 2.05) is 36.4 Å². The van der Waals surface area contributed by atoms with Crippen LogP contribution in [0.4, 0.5) is 4.79 Å². The lowest BCUT2D eigenvalue weighted by Crippen LogP contribution is -2.43. The highest BCUT2D eigenvalue weighted by molar-refractivity contribution is 5.84. The zero-order valence-electron chi connectivity index (χ0n) is 18.2. The first-order valence-electron chi connectivity index (χ1n) is 10.6. The molecule has 8 heteroatoms. The highest BCUT2D eigenvalue weighted by Gasteiger charge is 2.22. The second-order valence-corrected chi connectivity index (χ2v) is 7.22. The molecule has 0 fully saturated rings. The van der Waals surface area contributed by atoms with Crippen LogP contribution in [0.3, 0.4) is 0 Å². The minimum atomic E-state index is -1.11. The zero-order valence-corrected chi connectivity index (χ0v) is 18.2. The third kappa shape index (κ3) is 12.4.